The normalized spacial score (nSPS) is 18.3. The first-order valence-corrected chi connectivity index (χ1v) is 6.75. The minimum atomic E-state index is -0.924. The molecule has 0 aliphatic carbocycles. The molecule has 1 aliphatic heterocycles. The summed E-state index contributed by atoms with van der Waals surface area (Å²) in [6.45, 7) is 1.31. The maximum Gasteiger partial charge on any atom is 0.336 e. The molecule has 0 aromatic heterocycles. The number of carbonyl (C=O) groups is 1. The van der Waals surface area contributed by atoms with Crippen molar-refractivity contribution in [3.8, 4) is 5.75 Å². The van der Waals surface area contributed by atoms with Crippen LogP contribution in [0.2, 0.25) is 0 Å². The zero-order valence-electron chi connectivity index (χ0n) is 11.0. The van der Waals surface area contributed by atoms with Gasteiger partial charge >= 0.3 is 5.97 Å². The zero-order valence-corrected chi connectivity index (χ0v) is 11.0. The number of carboxylic acids is 1. The third kappa shape index (κ3) is 2.47. The van der Waals surface area contributed by atoms with Gasteiger partial charge in [0, 0.05) is 12.0 Å². The third-order valence-corrected chi connectivity index (χ3v) is 3.56. The Hall–Kier alpha value is -2.07. The standard InChI is InChI=1S/C16H16O4/c17-16(18)14-7-8-15(13-6-2-1-5-12(13)14)20-10-11-4-3-9-19-11/h1-2,5-8,11H,3-4,9-10H2,(H,17,18). The van der Waals surface area contributed by atoms with Gasteiger partial charge in [-0.2, -0.15) is 0 Å². The van der Waals surface area contributed by atoms with Crippen LogP contribution in [0, 0.1) is 0 Å². The fourth-order valence-electron chi connectivity index (χ4n) is 2.54. The van der Waals surface area contributed by atoms with Crippen molar-refractivity contribution in [1.82, 2.24) is 0 Å². The van der Waals surface area contributed by atoms with E-state index in [1.165, 1.54) is 0 Å². The molecule has 1 fully saturated rings. The van der Waals surface area contributed by atoms with Crippen LogP contribution in [0.5, 0.6) is 5.75 Å². The van der Waals surface area contributed by atoms with Crippen molar-refractivity contribution in [1.29, 1.82) is 0 Å². The molecular formula is C16H16O4. The lowest BCUT2D eigenvalue weighted by molar-refractivity contribution is 0.0681. The molecule has 1 unspecified atom stereocenters. The zero-order chi connectivity index (χ0) is 13.9. The summed E-state index contributed by atoms with van der Waals surface area (Å²) in [5.41, 5.74) is 0.296. The Labute approximate surface area is 116 Å². The van der Waals surface area contributed by atoms with E-state index in [0.29, 0.717) is 23.3 Å². The van der Waals surface area contributed by atoms with Gasteiger partial charge in [-0.25, -0.2) is 4.79 Å². The average molecular weight is 272 g/mol. The summed E-state index contributed by atoms with van der Waals surface area (Å²) < 4.78 is 11.3. The molecule has 4 heteroatoms. The first kappa shape index (κ1) is 12.9. The van der Waals surface area contributed by atoms with Crippen LogP contribution in [0.15, 0.2) is 36.4 Å². The maximum absolute atomic E-state index is 11.2. The van der Waals surface area contributed by atoms with E-state index >= 15 is 0 Å². The Balaban J connectivity index is 1.91. The van der Waals surface area contributed by atoms with E-state index in [1.54, 1.807) is 18.2 Å². The Morgan fingerprint density at radius 1 is 1.25 bits per heavy atom. The number of benzene rings is 2. The van der Waals surface area contributed by atoms with Gasteiger partial charge in [0.25, 0.3) is 0 Å². The Morgan fingerprint density at radius 3 is 2.75 bits per heavy atom. The van der Waals surface area contributed by atoms with Crippen LogP contribution >= 0.6 is 0 Å². The molecule has 3 rings (SSSR count). The predicted molar refractivity (Wildman–Crippen MR) is 75.4 cm³/mol. The second kappa shape index (κ2) is 5.51. The Kier molecular flexibility index (Phi) is 3.56. The van der Waals surface area contributed by atoms with E-state index in [4.69, 9.17) is 9.47 Å². The predicted octanol–water partition coefficient (Wildman–Crippen LogP) is 3.10. The Bertz CT molecular complexity index is 629. The lowest BCUT2D eigenvalue weighted by Gasteiger charge is -2.14. The number of hydrogen-bond acceptors (Lipinski definition) is 3. The molecule has 1 aliphatic rings. The van der Waals surface area contributed by atoms with Crippen molar-refractivity contribution in [3.63, 3.8) is 0 Å². The molecule has 1 heterocycles. The van der Waals surface area contributed by atoms with E-state index < -0.39 is 5.97 Å². The van der Waals surface area contributed by atoms with Crippen LogP contribution in [0.4, 0.5) is 0 Å². The number of aromatic carboxylic acids is 1. The number of fused-ring (bicyclic) bond motifs is 1. The molecule has 2 aromatic carbocycles. The lowest BCUT2D eigenvalue weighted by Crippen LogP contribution is -2.16. The molecule has 4 nitrogen and oxygen atoms in total. The third-order valence-electron chi connectivity index (χ3n) is 3.56. The molecular weight excluding hydrogens is 256 g/mol. The highest BCUT2D eigenvalue weighted by molar-refractivity contribution is 6.05. The molecule has 2 aromatic rings. The number of ether oxygens (including phenoxy) is 2. The van der Waals surface area contributed by atoms with Crippen molar-refractivity contribution in [2.75, 3.05) is 13.2 Å². The first-order chi connectivity index (χ1) is 9.75. The van der Waals surface area contributed by atoms with Gasteiger partial charge in [-0.15, -0.1) is 0 Å². The molecule has 1 atom stereocenters. The molecule has 0 bridgehead atoms. The second-order valence-corrected chi connectivity index (χ2v) is 4.91. The fourth-order valence-corrected chi connectivity index (χ4v) is 2.54. The van der Waals surface area contributed by atoms with Crippen LogP contribution in [0.3, 0.4) is 0 Å². The van der Waals surface area contributed by atoms with Gasteiger partial charge in [0.05, 0.1) is 11.7 Å². The topological polar surface area (TPSA) is 55.8 Å². The van der Waals surface area contributed by atoms with Crippen LogP contribution in [0.25, 0.3) is 10.8 Å². The SMILES string of the molecule is O=C(O)c1ccc(OCC2CCCO2)c2ccccc12. The first-order valence-electron chi connectivity index (χ1n) is 6.75. The van der Waals surface area contributed by atoms with E-state index in [-0.39, 0.29) is 6.10 Å². The van der Waals surface area contributed by atoms with Gasteiger partial charge in [-0.3, -0.25) is 0 Å². The van der Waals surface area contributed by atoms with E-state index in [9.17, 15) is 9.90 Å². The van der Waals surface area contributed by atoms with Crippen LogP contribution < -0.4 is 4.74 Å². The van der Waals surface area contributed by atoms with E-state index in [1.807, 2.05) is 18.2 Å². The van der Waals surface area contributed by atoms with Gasteiger partial charge in [0.1, 0.15) is 12.4 Å². The van der Waals surface area contributed by atoms with Crippen molar-refractivity contribution in [2.24, 2.45) is 0 Å². The fraction of sp³-hybridized carbons (Fsp3) is 0.312. The summed E-state index contributed by atoms with van der Waals surface area (Å²) in [5, 5.41) is 10.7. The maximum atomic E-state index is 11.2. The van der Waals surface area contributed by atoms with Gasteiger partial charge < -0.3 is 14.6 Å². The van der Waals surface area contributed by atoms with Crippen LogP contribution in [-0.4, -0.2) is 30.4 Å². The van der Waals surface area contributed by atoms with Crippen molar-refractivity contribution >= 4 is 16.7 Å². The number of hydrogen-bond donors (Lipinski definition) is 1. The largest absolute Gasteiger partial charge is 0.490 e. The van der Waals surface area contributed by atoms with Crippen molar-refractivity contribution < 1.29 is 19.4 Å². The molecule has 104 valence electrons. The lowest BCUT2D eigenvalue weighted by atomic mass is 10.0. The van der Waals surface area contributed by atoms with Crippen molar-refractivity contribution in [2.45, 2.75) is 18.9 Å². The van der Waals surface area contributed by atoms with Gasteiger partial charge in [-0.05, 0) is 30.4 Å². The summed E-state index contributed by atoms with van der Waals surface area (Å²) in [4.78, 5) is 11.2. The summed E-state index contributed by atoms with van der Waals surface area (Å²) in [6.07, 6.45) is 2.24. The molecule has 1 saturated heterocycles. The molecule has 0 radical (unpaired) electrons. The quantitative estimate of drug-likeness (QED) is 0.929. The van der Waals surface area contributed by atoms with Crippen LogP contribution in [-0.2, 0) is 4.74 Å². The number of rotatable bonds is 4. The van der Waals surface area contributed by atoms with Crippen molar-refractivity contribution in [3.05, 3.63) is 42.0 Å². The monoisotopic (exact) mass is 272 g/mol. The summed E-state index contributed by atoms with van der Waals surface area (Å²) in [6, 6.07) is 10.7. The van der Waals surface area contributed by atoms with Gasteiger partial charge in [0.2, 0.25) is 0 Å². The highest BCUT2D eigenvalue weighted by Crippen LogP contribution is 2.29. The highest BCUT2D eigenvalue weighted by atomic mass is 16.5. The molecule has 0 saturated carbocycles. The number of carboxylic acid groups (broad SMARTS) is 1. The Morgan fingerprint density at radius 2 is 2.05 bits per heavy atom. The summed E-state index contributed by atoms with van der Waals surface area (Å²) in [7, 11) is 0. The van der Waals surface area contributed by atoms with Crippen LogP contribution in [0.1, 0.15) is 23.2 Å². The highest BCUT2D eigenvalue weighted by Gasteiger charge is 2.17. The van der Waals surface area contributed by atoms with Gasteiger partial charge in [-0.1, -0.05) is 24.3 Å². The molecule has 0 spiro atoms. The smallest absolute Gasteiger partial charge is 0.336 e. The van der Waals surface area contributed by atoms with Gasteiger partial charge in [0.15, 0.2) is 0 Å². The second-order valence-electron chi connectivity index (χ2n) is 4.91. The average Bonchev–Trinajstić information content (AvgIpc) is 2.97. The molecule has 0 amide bonds. The minimum absolute atomic E-state index is 0.146. The minimum Gasteiger partial charge on any atom is -0.490 e. The molecule has 1 N–H and O–H groups in total. The van der Waals surface area contributed by atoms with E-state index in [0.717, 1.165) is 24.8 Å². The molecule has 20 heavy (non-hydrogen) atoms. The summed E-state index contributed by atoms with van der Waals surface area (Å²) in [5.74, 6) is -0.215. The summed E-state index contributed by atoms with van der Waals surface area (Å²) >= 11 is 0. The van der Waals surface area contributed by atoms with E-state index in [2.05, 4.69) is 0 Å².